The number of carbonyl (C=O) groups is 1. The van der Waals surface area contributed by atoms with Gasteiger partial charge in [0.05, 0.1) is 19.6 Å². The monoisotopic (exact) mass is 345 g/mol. The summed E-state index contributed by atoms with van der Waals surface area (Å²) in [4.78, 5) is 12.2. The second kappa shape index (κ2) is 8.22. The number of methoxy groups -OCH3 is 1. The van der Waals surface area contributed by atoms with Crippen molar-refractivity contribution in [2.75, 3.05) is 26.8 Å². The van der Waals surface area contributed by atoms with E-state index in [1.165, 1.54) is 31.9 Å². The fraction of sp³-hybridized carbons (Fsp3) is 0.667. The number of ether oxygens (including phenoxy) is 2. The van der Waals surface area contributed by atoms with E-state index in [4.69, 9.17) is 9.47 Å². The molecule has 4 heteroatoms. The van der Waals surface area contributed by atoms with E-state index < -0.39 is 0 Å². The van der Waals surface area contributed by atoms with E-state index in [9.17, 15) is 4.79 Å². The molecule has 1 aliphatic carbocycles. The Bertz CT molecular complexity index is 582. The Balaban J connectivity index is 1.73. The predicted molar refractivity (Wildman–Crippen MR) is 98.7 cm³/mol. The molecule has 5 atom stereocenters. The van der Waals surface area contributed by atoms with E-state index >= 15 is 0 Å². The molecule has 1 aromatic carbocycles. The van der Waals surface area contributed by atoms with E-state index in [2.05, 4.69) is 30.4 Å². The Hall–Kier alpha value is -1.55. The Morgan fingerprint density at radius 3 is 2.88 bits per heavy atom. The van der Waals surface area contributed by atoms with Crippen LogP contribution in [0.4, 0.5) is 0 Å². The van der Waals surface area contributed by atoms with Gasteiger partial charge >= 0.3 is 5.97 Å². The van der Waals surface area contributed by atoms with Crippen molar-refractivity contribution >= 4 is 5.97 Å². The van der Waals surface area contributed by atoms with E-state index in [1.807, 2.05) is 13.0 Å². The Kier molecular flexibility index (Phi) is 6.00. The second-order valence-electron chi connectivity index (χ2n) is 7.65. The molecule has 1 heterocycles. The smallest absolute Gasteiger partial charge is 0.309 e. The maximum atomic E-state index is 12.2. The van der Waals surface area contributed by atoms with E-state index in [1.54, 1.807) is 0 Å². The molecule has 1 saturated carbocycles. The lowest BCUT2D eigenvalue weighted by Crippen LogP contribution is -2.23. The summed E-state index contributed by atoms with van der Waals surface area (Å²) in [7, 11) is 1.48. The van der Waals surface area contributed by atoms with Crippen LogP contribution in [0.25, 0.3) is 0 Å². The van der Waals surface area contributed by atoms with Crippen molar-refractivity contribution < 1.29 is 14.3 Å². The SMILES string of the molecule is CC[C@H]1CC1[C@@H](c1cccc(OCC2CCNC2)c1)[C@H](C)C(=O)OC. The lowest BCUT2D eigenvalue weighted by Gasteiger charge is -2.24. The van der Waals surface area contributed by atoms with Crippen LogP contribution in [0.2, 0.25) is 0 Å². The summed E-state index contributed by atoms with van der Waals surface area (Å²) in [5.41, 5.74) is 1.21. The van der Waals surface area contributed by atoms with Crippen LogP contribution in [0.15, 0.2) is 24.3 Å². The first-order chi connectivity index (χ1) is 12.1. The Morgan fingerprint density at radius 2 is 2.24 bits per heavy atom. The summed E-state index contributed by atoms with van der Waals surface area (Å²) in [6, 6.07) is 8.35. The summed E-state index contributed by atoms with van der Waals surface area (Å²) in [6.07, 6.45) is 3.57. The summed E-state index contributed by atoms with van der Waals surface area (Å²) >= 11 is 0. The fourth-order valence-electron chi connectivity index (χ4n) is 4.30. The van der Waals surface area contributed by atoms with Crippen molar-refractivity contribution in [1.29, 1.82) is 0 Å². The van der Waals surface area contributed by atoms with Crippen molar-refractivity contribution in [3.63, 3.8) is 0 Å². The minimum Gasteiger partial charge on any atom is -0.493 e. The zero-order valence-electron chi connectivity index (χ0n) is 15.7. The Labute approximate surface area is 151 Å². The molecular weight excluding hydrogens is 314 g/mol. The largest absolute Gasteiger partial charge is 0.493 e. The molecule has 2 unspecified atom stereocenters. The van der Waals surface area contributed by atoms with Gasteiger partial charge in [0.1, 0.15) is 5.75 Å². The topological polar surface area (TPSA) is 47.6 Å². The third-order valence-electron chi connectivity index (χ3n) is 5.97. The highest BCUT2D eigenvalue weighted by atomic mass is 16.5. The van der Waals surface area contributed by atoms with Crippen molar-refractivity contribution in [1.82, 2.24) is 5.32 Å². The zero-order chi connectivity index (χ0) is 17.8. The van der Waals surface area contributed by atoms with Gasteiger partial charge in [0.2, 0.25) is 0 Å². The van der Waals surface area contributed by atoms with Gasteiger partial charge in [0.15, 0.2) is 0 Å². The molecule has 1 aliphatic heterocycles. The molecule has 138 valence electrons. The van der Waals surface area contributed by atoms with Crippen LogP contribution in [0, 0.1) is 23.7 Å². The first kappa shape index (κ1) is 18.2. The number of hydrogen-bond acceptors (Lipinski definition) is 4. The fourth-order valence-corrected chi connectivity index (χ4v) is 4.30. The number of rotatable bonds is 8. The Morgan fingerprint density at radius 1 is 1.40 bits per heavy atom. The third kappa shape index (κ3) is 4.35. The number of benzene rings is 1. The first-order valence-corrected chi connectivity index (χ1v) is 9.65. The molecule has 0 spiro atoms. The maximum Gasteiger partial charge on any atom is 0.309 e. The molecule has 2 aliphatic rings. The quantitative estimate of drug-likeness (QED) is 0.731. The molecule has 3 rings (SSSR count). The van der Waals surface area contributed by atoms with E-state index in [-0.39, 0.29) is 17.8 Å². The molecule has 0 radical (unpaired) electrons. The van der Waals surface area contributed by atoms with Crippen LogP contribution >= 0.6 is 0 Å². The lowest BCUT2D eigenvalue weighted by molar-refractivity contribution is -0.145. The van der Waals surface area contributed by atoms with Crippen molar-refractivity contribution in [2.24, 2.45) is 23.7 Å². The van der Waals surface area contributed by atoms with Gasteiger partial charge in [0, 0.05) is 18.4 Å². The number of nitrogens with one attached hydrogen (secondary N) is 1. The van der Waals surface area contributed by atoms with Gasteiger partial charge in [-0.1, -0.05) is 32.4 Å². The van der Waals surface area contributed by atoms with Gasteiger partial charge in [-0.2, -0.15) is 0 Å². The molecule has 0 amide bonds. The van der Waals surface area contributed by atoms with Crippen LogP contribution in [0.1, 0.15) is 44.6 Å². The van der Waals surface area contributed by atoms with Crippen molar-refractivity contribution in [3.05, 3.63) is 29.8 Å². The minimum absolute atomic E-state index is 0.116. The zero-order valence-corrected chi connectivity index (χ0v) is 15.7. The third-order valence-corrected chi connectivity index (χ3v) is 5.97. The normalized spacial score (nSPS) is 27.6. The van der Waals surface area contributed by atoms with Gasteiger partial charge in [-0.05, 0) is 48.9 Å². The van der Waals surface area contributed by atoms with Crippen LogP contribution in [0.5, 0.6) is 5.75 Å². The number of hydrogen-bond donors (Lipinski definition) is 1. The summed E-state index contributed by atoms with van der Waals surface area (Å²) in [5, 5.41) is 3.38. The average molecular weight is 345 g/mol. The lowest BCUT2D eigenvalue weighted by atomic mass is 9.82. The molecule has 25 heavy (non-hydrogen) atoms. The van der Waals surface area contributed by atoms with Gasteiger partial charge < -0.3 is 14.8 Å². The molecule has 2 fully saturated rings. The highest BCUT2D eigenvalue weighted by Gasteiger charge is 2.46. The predicted octanol–water partition coefficient (Wildman–Crippen LogP) is 3.61. The molecule has 0 bridgehead atoms. The molecule has 1 saturated heterocycles. The van der Waals surface area contributed by atoms with Crippen LogP contribution in [-0.4, -0.2) is 32.8 Å². The molecule has 4 nitrogen and oxygen atoms in total. The van der Waals surface area contributed by atoms with Gasteiger partial charge in [-0.15, -0.1) is 0 Å². The van der Waals surface area contributed by atoms with E-state index in [0.717, 1.165) is 31.4 Å². The molecule has 1 N–H and O–H groups in total. The van der Waals surface area contributed by atoms with Crippen LogP contribution < -0.4 is 10.1 Å². The van der Waals surface area contributed by atoms with Crippen molar-refractivity contribution in [2.45, 2.75) is 39.0 Å². The number of esters is 1. The maximum absolute atomic E-state index is 12.2. The summed E-state index contributed by atoms with van der Waals surface area (Å²) in [5.74, 6) is 2.80. The van der Waals surface area contributed by atoms with Crippen molar-refractivity contribution in [3.8, 4) is 5.75 Å². The summed E-state index contributed by atoms with van der Waals surface area (Å²) < 4.78 is 11.1. The van der Waals surface area contributed by atoms with Gasteiger partial charge in [-0.25, -0.2) is 0 Å². The molecular formula is C21H31NO3. The van der Waals surface area contributed by atoms with Gasteiger partial charge in [-0.3, -0.25) is 4.79 Å². The average Bonchev–Trinajstić information content (AvgIpc) is 3.21. The molecule has 0 aromatic heterocycles. The standard InChI is InChI=1S/C21H31NO3/c1-4-16-11-19(16)20(14(2)21(23)24-3)17-6-5-7-18(10-17)25-13-15-8-9-22-12-15/h5-7,10,14-16,19-20,22H,4,8-9,11-13H2,1-3H3/t14-,15?,16-,19?,20+/m0/s1. The second-order valence-corrected chi connectivity index (χ2v) is 7.65. The van der Waals surface area contributed by atoms with Crippen LogP contribution in [0.3, 0.4) is 0 Å². The highest BCUT2D eigenvalue weighted by Crippen LogP contribution is 2.53. The molecule has 1 aromatic rings. The van der Waals surface area contributed by atoms with Gasteiger partial charge in [0.25, 0.3) is 0 Å². The highest BCUT2D eigenvalue weighted by molar-refractivity contribution is 5.73. The van der Waals surface area contributed by atoms with E-state index in [0.29, 0.717) is 11.8 Å². The summed E-state index contributed by atoms with van der Waals surface area (Å²) in [6.45, 7) is 7.13. The minimum atomic E-state index is -0.124. The van der Waals surface area contributed by atoms with Crippen LogP contribution in [-0.2, 0) is 9.53 Å². The number of carbonyl (C=O) groups excluding carboxylic acids is 1. The first-order valence-electron chi connectivity index (χ1n) is 9.65.